The first-order valence-corrected chi connectivity index (χ1v) is 8.82. The van der Waals surface area contributed by atoms with E-state index in [1.54, 1.807) is 55.0 Å². The zero-order chi connectivity index (χ0) is 20.1. The van der Waals surface area contributed by atoms with Crippen molar-refractivity contribution in [3.63, 3.8) is 0 Å². The Balaban J connectivity index is 1.39. The van der Waals surface area contributed by atoms with Crippen LogP contribution in [-0.4, -0.2) is 21.9 Å². The molecule has 4 rings (SSSR count). The predicted octanol–water partition coefficient (Wildman–Crippen LogP) is 4.38. The molecule has 0 radical (unpaired) electrons. The first-order valence-electron chi connectivity index (χ1n) is 8.82. The monoisotopic (exact) mass is 384 g/mol. The van der Waals surface area contributed by atoms with Gasteiger partial charge in [0, 0.05) is 35.9 Å². The summed E-state index contributed by atoms with van der Waals surface area (Å²) in [4.78, 5) is 32.7. The number of benzene rings is 2. The van der Waals surface area contributed by atoms with Gasteiger partial charge in [-0.1, -0.05) is 24.3 Å². The number of urea groups is 1. The Morgan fingerprint density at radius 2 is 1.52 bits per heavy atom. The van der Waals surface area contributed by atoms with Gasteiger partial charge in [0.05, 0.1) is 5.56 Å². The molecule has 0 atom stereocenters. The summed E-state index contributed by atoms with van der Waals surface area (Å²) in [5.74, 6) is 0.747. The van der Waals surface area contributed by atoms with Gasteiger partial charge in [0.15, 0.2) is 0 Å². The number of aromatic nitrogens is 2. The highest BCUT2D eigenvalue weighted by atomic mass is 16.5. The molecule has 29 heavy (non-hydrogen) atoms. The third-order valence-electron chi connectivity index (χ3n) is 4.14. The van der Waals surface area contributed by atoms with Crippen LogP contribution >= 0.6 is 0 Å². The van der Waals surface area contributed by atoms with E-state index >= 15 is 0 Å². The maximum atomic E-state index is 12.5. The van der Waals surface area contributed by atoms with Crippen LogP contribution in [0.5, 0.6) is 11.5 Å². The summed E-state index contributed by atoms with van der Waals surface area (Å²) in [6.45, 7) is 0. The molecule has 0 bridgehead atoms. The second-order valence-corrected chi connectivity index (χ2v) is 6.13. The van der Waals surface area contributed by atoms with E-state index in [1.165, 1.54) is 6.20 Å². The van der Waals surface area contributed by atoms with Gasteiger partial charge in [-0.15, -0.1) is 0 Å². The van der Waals surface area contributed by atoms with Crippen LogP contribution in [-0.2, 0) is 0 Å². The Hall–Kier alpha value is -4.26. The number of hydrogen-bond donors (Lipinski definition) is 2. The molecule has 0 spiro atoms. The minimum absolute atomic E-state index is 0.333. The summed E-state index contributed by atoms with van der Waals surface area (Å²) in [6, 6.07) is 17.0. The first-order chi connectivity index (χ1) is 14.2. The lowest BCUT2D eigenvalue weighted by atomic mass is 10.1. The average molecular weight is 384 g/mol. The number of hydrogen-bond acceptors (Lipinski definition) is 5. The van der Waals surface area contributed by atoms with E-state index < -0.39 is 11.9 Å². The van der Waals surface area contributed by atoms with Crippen LogP contribution in [0.2, 0.25) is 0 Å². The number of amides is 3. The summed E-state index contributed by atoms with van der Waals surface area (Å²) in [6.07, 6.45) is 6.38. The molecule has 3 amide bonds. The van der Waals surface area contributed by atoms with Crippen molar-refractivity contribution < 1.29 is 14.3 Å². The molecule has 0 unspecified atom stereocenters. The van der Waals surface area contributed by atoms with Crippen molar-refractivity contribution in [1.82, 2.24) is 15.3 Å². The highest BCUT2D eigenvalue weighted by Gasteiger charge is 2.14. The van der Waals surface area contributed by atoms with Crippen LogP contribution in [0.4, 0.5) is 10.5 Å². The van der Waals surface area contributed by atoms with Crippen molar-refractivity contribution in [2.24, 2.45) is 0 Å². The van der Waals surface area contributed by atoms with Gasteiger partial charge >= 0.3 is 6.03 Å². The smallest absolute Gasteiger partial charge is 0.326 e. The van der Waals surface area contributed by atoms with Gasteiger partial charge in [0.2, 0.25) is 0 Å². The summed E-state index contributed by atoms with van der Waals surface area (Å²) < 4.78 is 5.67. The standard InChI is InChI=1S/C22H16N4O3/c27-21(20-14-24-13-15-3-1-2-4-19(15)20)26-22(28)25-16-5-7-17(8-6-16)29-18-9-11-23-12-10-18/h1-14H,(H2,25,26,27,28). The van der Waals surface area contributed by atoms with E-state index in [2.05, 4.69) is 20.6 Å². The van der Waals surface area contributed by atoms with Crippen molar-refractivity contribution >= 4 is 28.4 Å². The highest BCUT2D eigenvalue weighted by molar-refractivity contribution is 6.13. The molecule has 0 saturated carbocycles. The van der Waals surface area contributed by atoms with E-state index in [-0.39, 0.29) is 0 Å². The molecule has 2 aromatic heterocycles. The minimum atomic E-state index is -0.634. The fraction of sp³-hybridized carbons (Fsp3) is 0. The van der Waals surface area contributed by atoms with Gasteiger partial charge < -0.3 is 10.1 Å². The molecule has 2 aromatic carbocycles. The summed E-state index contributed by atoms with van der Waals surface area (Å²) in [5.41, 5.74) is 0.854. The van der Waals surface area contributed by atoms with Gasteiger partial charge in [0.25, 0.3) is 5.91 Å². The second-order valence-electron chi connectivity index (χ2n) is 6.13. The van der Waals surface area contributed by atoms with Gasteiger partial charge in [0.1, 0.15) is 11.5 Å². The summed E-state index contributed by atoms with van der Waals surface area (Å²) in [7, 11) is 0. The third kappa shape index (κ3) is 4.36. The number of carbonyl (C=O) groups is 2. The first kappa shape index (κ1) is 18.1. The normalized spacial score (nSPS) is 10.3. The number of rotatable bonds is 4. The molecule has 7 nitrogen and oxygen atoms in total. The predicted molar refractivity (Wildman–Crippen MR) is 109 cm³/mol. The number of fused-ring (bicyclic) bond motifs is 1. The molecular formula is C22H16N4O3. The second kappa shape index (κ2) is 8.18. The van der Waals surface area contributed by atoms with Gasteiger partial charge in [-0.2, -0.15) is 0 Å². The summed E-state index contributed by atoms with van der Waals surface area (Å²) in [5, 5.41) is 6.50. The molecule has 0 aliphatic rings. The van der Waals surface area contributed by atoms with Crippen LogP contribution in [0.3, 0.4) is 0 Å². The van der Waals surface area contributed by atoms with Crippen LogP contribution in [0.1, 0.15) is 10.4 Å². The van der Waals surface area contributed by atoms with Crippen LogP contribution in [0.15, 0.2) is 85.5 Å². The molecule has 2 N–H and O–H groups in total. The molecule has 7 heteroatoms. The Bertz CT molecular complexity index is 1160. The van der Waals surface area contributed by atoms with Gasteiger partial charge in [-0.3, -0.25) is 20.1 Å². The summed E-state index contributed by atoms with van der Waals surface area (Å²) >= 11 is 0. The zero-order valence-electron chi connectivity index (χ0n) is 15.2. The molecule has 2 heterocycles. The zero-order valence-corrected chi connectivity index (χ0v) is 15.2. The average Bonchev–Trinajstić information content (AvgIpc) is 2.75. The van der Waals surface area contributed by atoms with E-state index in [9.17, 15) is 9.59 Å². The number of carbonyl (C=O) groups excluding carboxylic acids is 2. The van der Waals surface area contributed by atoms with Crippen LogP contribution in [0, 0.1) is 0 Å². The lowest BCUT2D eigenvalue weighted by Gasteiger charge is -2.09. The highest BCUT2D eigenvalue weighted by Crippen LogP contribution is 2.22. The van der Waals surface area contributed by atoms with E-state index in [4.69, 9.17) is 4.74 Å². The van der Waals surface area contributed by atoms with E-state index in [0.29, 0.717) is 22.7 Å². The van der Waals surface area contributed by atoms with E-state index in [0.717, 1.165) is 10.8 Å². The van der Waals surface area contributed by atoms with Gasteiger partial charge in [-0.05, 0) is 41.8 Å². The maximum Gasteiger partial charge on any atom is 0.326 e. The van der Waals surface area contributed by atoms with Crippen molar-refractivity contribution in [1.29, 1.82) is 0 Å². The quantitative estimate of drug-likeness (QED) is 0.544. The molecular weight excluding hydrogens is 368 g/mol. The van der Waals surface area contributed by atoms with Gasteiger partial charge in [-0.25, -0.2) is 4.79 Å². The fourth-order valence-corrected chi connectivity index (χ4v) is 2.78. The lowest BCUT2D eigenvalue weighted by Crippen LogP contribution is -2.34. The minimum Gasteiger partial charge on any atom is -0.457 e. The fourth-order valence-electron chi connectivity index (χ4n) is 2.78. The Morgan fingerprint density at radius 3 is 2.31 bits per heavy atom. The Labute approximate surface area is 166 Å². The number of nitrogens with one attached hydrogen (secondary N) is 2. The molecule has 0 fully saturated rings. The largest absolute Gasteiger partial charge is 0.457 e. The number of nitrogens with zero attached hydrogens (tertiary/aromatic N) is 2. The van der Waals surface area contributed by atoms with Crippen molar-refractivity contribution in [2.75, 3.05) is 5.32 Å². The lowest BCUT2D eigenvalue weighted by molar-refractivity contribution is 0.0968. The third-order valence-corrected chi connectivity index (χ3v) is 4.14. The van der Waals surface area contributed by atoms with Crippen LogP contribution < -0.4 is 15.4 Å². The Morgan fingerprint density at radius 1 is 0.793 bits per heavy atom. The SMILES string of the molecule is O=C(NC(=O)c1cncc2ccccc12)Nc1ccc(Oc2ccncc2)cc1. The number of pyridine rings is 2. The van der Waals surface area contributed by atoms with Crippen molar-refractivity contribution in [3.05, 3.63) is 91.0 Å². The topological polar surface area (TPSA) is 93.2 Å². The molecule has 0 aliphatic carbocycles. The Kier molecular flexibility index (Phi) is 5.11. The molecule has 4 aromatic rings. The van der Waals surface area contributed by atoms with E-state index in [1.807, 2.05) is 24.3 Å². The van der Waals surface area contributed by atoms with Crippen molar-refractivity contribution in [3.8, 4) is 11.5 Å². The molecule has 0 aliphatic heterocycles. The molecule has 0 saturated heterocycles. The van der Waals surface area contributed by atoms with Crippen LogP contribution in [0.25, 0.3) is 10.8 Å². The number of ether oxygens (including phenoxy) is 1. The maximum absolute atomic E-state index is 12.5. The van der Waals surface area contributed by atoms with Crippen molar-refractivity contribution in [2.45, 2.75) is 0 Å². The number of imide groups is 1. The number of anilines is 1. The molecule has 142 valence electrons.